The molecule has 18 heavy (non-hydrogen) atoms. The third kappa shape index (κ3) is 2.35. The van der Waals surface area contributed by atoms with E-state index in [1.54, 1.807) is 6.07 Å². The van der Waals surface area contributed by atoms with E-state index in [-0.39, 0.29) is 11.3 Å². The molecule has 1 amide bonds. The van der Waals surface area contributed by atoms with Gasteiger partial charge in [0.25, 0.3) is 0 Å². The van der Waals surface area contributed by atoms with E-state index < -0.39 is 0 Å². The van der Waals surface area contributed by atoms with Crippen molar-refractivity contribution in [2.75, 3.05) is 13.6 Å². The van der Waals surface area contributed by atoms with Crippen LogP contribution in [0.3, 0.4) is 0 Å². The fourth-order valence-electron chi connectivity index (χ4n) is 2.95. The second-order valence-corrected chi connectivity index (χ2v) is 5.29. The van der Waals surface area contributed by atoms with Crippen LogP contribution in [0, 0.1) is 0 Å². The highest BCUT2D eigenvalue weighted by Crippen LogP contribution is 2.37. The van der Waals surface area contributed by atoms with E-state index in [9.17, 15) is 9.90 Å². The maximum Gasteiger partial charge on any atom is 0.222 e. The van der Waals surface area contributed by atoms with E-state index >= 15 is 0 Å². The third-order valence-corrected chi connectivity index (χ3v) is 4.15. The molecule has 1 saturated heterocycles. The van der Waals surface area contributed by atoms with Crippen molar-refractivity contribution in [3.63, 3.8) is 0 Å². The summed E-state index contributed by atoms with van der Waals surface area (Å²) < 4.78 is 0. The third-order valence-electron chi connectivity index (χ3n) is 4.15. The summed E-state index contributed by atoms with van der Waals surface area (Å²) in [5, 5.41) is 9.66. The molecule has 0 saturated carbocycles. The largest absolute Gasteiger partial charge is 0.508 e. The van der Waals surface area contributed by atoms with Gasteiger partial charge in [-0.2, -0.15) is 0 Å². The number of carbonyl (C=O) groups is 1. The van der Waals surface area contributed by atoms with Gasteiger partial charge in [0.1, 0.15) is 5.75 Å². The number of likely N-dealkylation sites (tertiary alicyclic amines) is 1. The van der Waals surface area contributed by atoms with Crippen molar-refractivity contribution in [3.8, 4) is 5.75 Å². The van der Waals surface area contributed by atoms with Gasteiger partial charge in [-0.1, -0.05) is 19.1 Å². The minimum absolute atomic E-state index is 0.0142. The molecule has 0 aliphatic carbocycles. The first-order chi connectivity index (χ1) is 8.57. The number of aromatic hydroxyl groups is 1. The van der Waals surface area contributed by atoms with Crippen LogP contribution in [0.25, 0.3) is 0 Å². The van der Waals surface area contributed by atoms with E-state index in [1.807, 2.05) is 24.1 Å². The van der Waals surface area contributed by atoms with Crippen molar-refractivity contribution >= 4 is 5.91 Å². The highest BCUT2D eigenvalue weighted by atomic mass is 16.3. The predicted octanol–water partition coefficient (Wildman–Crippen LogP) is 2.68. The van der Waals surface area contributed by atoms with Crippen LogP contribution in [0.5, 0.6) is 5.75 Å². The fourth-order valence-corrected chi connectivity index (χ4v) is 2.95. The van der Waals surface area contributed by atoms with E-state index in [4.69, 9.17) is 0 Å². The van der Waals surface area contributed by atoms with Crippen LogP contribution in [-0.2, 0) is 10.2 Å². The second kappa shape index (κ2) is 5.01. The molecule has 1 aromatic carbocycles. The Balaban J connectivity index is 2.38. The summed E-state index contributed by atoms with van der Waals surface area (Å²) >= 11 is 0. The molecule has 98 valence electrons. The number of amides is 1. The molecule has 0 radical (unpaired) electrons. The van der Waals surface area contributed by atoms with Crippen molar-refractivity contribution in [3.05, 3.63) is 29.8 Å². The molecule has 1 heterocycles. The van der Waals surface area contributed by atoms with E-state index in [1.165, 1.54) is 0 Å². The Morgan fingerprint density at radius 1 is 1.44 bits per heavy atom. The lowest BCUT2D eigenvalue weighted by Crippen LogP contribution is -2.39. The van der Waals surface area contributed by atoms with Gasteiger partial charge in [0, 0.05) is 25.4 Å². The smallest absolute Gasteiger partial charge is 0.222 e. The molecule has 0 aromatic heterocycles. The second-order valence-electron chi connectivity index (χ2n) is 5.29. The quantitative estimate of drug-likeness (QED) is 0.873. The first kappa shape index (κ1) is 12.9. The standard InChI is InChI=1S/C15H21NO2/c1-3-15(12-6-4-7-13(17)10-12)9-5-8-14(18)16(2)11-15/h4,6-7,10,17H,3,5,8-9,11H2,1-2H3/t15-/m0/s1. The number of carbonyl (C=O) groups excluding carboxylic acids is 1. The van der Waals surface area contributed by atoms with Crippen LogP contribution < -0.4 is 0 Å². The minimum Gasteiger partial charge on any atom is -0.508 e. The van der Waals surface area contributed by atoms with Gasteiger partial charge in [-0.05, 0) is 37.0 Å². The normalized spacial score (nSPS) is 25.0. The number of benzene rings is 1. The summed E-state index contributed by atoms with van der Waals surface area (Å²) in [5.74, 6) is 0.532. The van der Waals surface area contributed by atoms with Crippen molar-refractivity contribution in [2.24, 2.45) is 0 Å². The molecule has 1 fully saturated rings. The molecular weight excluding hydrogens is 226 g/mol. The maximum atomic E-state index is 11.8. The van der Waals surface area contributed by atoms with Crippen LogP contribution in [0.2, 0.25) is 0 Å². The van der Waals surface area contributed by atoms with Gasteiger partial charge in [0.05, 0.1) is 0 Å². The number of likely N-dealkylation sites (N-methyl/N-ethyl adjacent to an activating group) is 1. The highest BCUT2D eigenvalue weighted by Gasteiger charge is 2.35. The summed E-state index contributed by atoms with van der Waals surface area (Å²) in [5.41, 5.74) is 1.13. The number of rotatable bonds is 2. The molecule has 1 atom stereocenters. The zero-order chi connectivity index (χ0) is 13.2. The Morgan fingerprint density at radius 2 is 2.22 bits per heavy atom. The maximum absolute atomic E-state index is 11.8. The van der Waals surface area contributed by atoms with Gasteiger partial charge >= 0.3 is 0 Å². The predicted molar refractivity (Wildman–Crippen MR) is 71.6 cm³/mol. The van der Waals surface area contributed by atoms with E-state index in [2.05, 4.69) is 13.0 Å². The number of nitrogens with zero attached hydrogens (tertiary/aromatic N) is 1. The zero-order valence-corrected chi connectivity index (χ0v) is 11.1. The average Bonchev–Trinajstić information content (AvgIpc) is 2.50. The molecule has 1 aliphatic heterocycles. The van der Waals surface area contributed by atoms with Crippen LogP contribution in [0.15, 0.2) is 24.3 Å². The zero-order valence-electron chi connectivity index (χ0n) is 11.1. The van der Waals surface area contributed by atoms with Gasteiger partial charge in [0.2, 0.25) is 5.91 Å². The summed E-state index contributed by atoms with van der Waals surface area (Å²) in [6, 6.07) is 7.48. The van der Waals surface area contributed by atoms with Gasteiger partial charge in [-0.25, -0.2) is 0 Å². The molecule has 1 aliphatic rings. The van der Waals surface area contributed by atoms with Crippen molar-refractivity contribution in [1.29, 1.82) is 0 Å². The molecule has 1 aromatic rings. The summed E-state index contributed by atoms with van der Waals surface area (Å²) in [4.78, 5) is 13.6. The lowest BCUT2D eigenvalue weighted by atomic mass is 9.74. The summed E-state index contributed by atoms with van der Waals surface area (Å²) in [6.07, 6.45) is 3.54. The molecule has 0 unspecified atom stereocenters. The minimum atomic E-state index is -0.0142. The van der Waals surface area contributed by atoms with Crippen LogP contribution in [-0.4, -0.2) is 29.5 Å². The Morgan fingerprint density at radius 3 is 2.89 bits per heavy atom. The average molecular weight is 247 g/mol. The van der Waals surface area contributed by atoms with E-state index in [0.717, 1.165) is 31.4 Å². The molecule has 2 rings (SSSR count). The number of hydrogen-bond acceptors (Lipinski definition) is 2. The first-order valence-corrected chi connectivity index (χ1v) is 6.61. The van der Waals surface area contributed by atoms with Gasteiger partial charge < -0.3 is 10.0 Å². The summed E-state index contributed by atoms with van der Waals surface area (Å²) in [6.45, 7) is 2.90. The van der Waals surface area contributed by atoms with Gasteiger partial charge in [-0.3, -0.25) is 4.79 Å². The van der Waals surface area contributed by atoms with Crippen LogP contribution >= 0.6 is 0 Å². The molecule has 1 N–H and O–H groups in total. The SMILES string of the molecule is CC[C@]1(c2cccc(O)c2)CCCC(=O)N(C)C1. The highest BCUT2D eigenvalue weighted by molar-refractivity contribution is 5.76. The van der Waals surface area contributed by atoms with Crippen molar-refractivity contribution in [2.45, 2.75) is 38.0 Å². The van der Waals surface area contributed by atoms with Crippen LogP contribution in [0.1, 0.15) is 38.2 Å². The molecule has 3 nitrogen and oxygen atoms in total. The van der Waals surface area contributed by atoms with Crippen molar-refractivity contribution < 1.29 is 9.90 Å². The van der Waals surface area contributed by atoms with Crippen LogP contribution in [0.4, 0.5) is 0 Å². The number of phenolic OH excluding ortho intramolecular Hbond substituents is 1. The molecule has 0 spiro atoms. The Kier molecular flexibility index (Phi) is 3.60. The molecular formula is C15H21NO2. The monoisotopic (exact) mass is 247 g/mol. The lowest BCUT2D eigenvalue weighted by Gasteiger charge is -2.35. The molecule has 0 bridgehead atoms. The fraction of sp³-hybridized carbons (Fsp3) is 0.533. The van der Waals surface area contributed by atoms with E-state index in [0.29, 0.717) is 12.2 Å². The topological polar surface area (TPSA) is 40.5 Å². The first-order valence-electron chi connectivity index (χ1n) is 6.61. The number of hydrogen-bond donors (Lipinski definition) is 1. The van der Waals surface area contributed by atoms with Gasteiger partial charge in [-0.15, -0.1) is 0 Å². The lowest BCUT2D eigenvalue weighted by molar-refractivity contribution is -0.129. The Hall–Kier alpha value is -1.51. The summed E-state index contributed by atoms with van der Waals surface area (Å²) in [7, 11) is 1.88. The van der Waals surface area contributed by atoms with Crippen molar-refractivity contribution in [1.82, 2.24) is 4.90 Å². The Labute approximate surface area is 108 Å². The molecule has 3 heteroatoms. The van der Waals surface area contributed by atoms with Gasteiger partial charge in [0.15, 0.2) is 0 Å². The number of phenols is 1. The Bertz CT molecular complexity index is 444.